The summed E-state index contributed by atoms with van der Waals surface area (Å²) in [5.41, 5.74) is 6.99. The van der Waals surface area contributed by atoms with Gasteiger partial charge in [-0.2, -0.15) is 0 Å². The van der Waals surface area contributed by atoms with Crippen molar-refractivity contribution in [3.63, 3.8) is 0 Å². The lowest BCUT2D eigenvalue weighted by Gasteiger charge is -2.18. The molecule has 0 aliphatic carbocycles. The molecule has 1 aliphatic rings. The lowest BCUT2D eigenvalue weighted by molar-refractivity contribution is 0.171. The van der Waals surface area contributed by atoms with E-state index < -0.39 is 0 Å². The standard InChI is InChI=1S/C15H24N2O2/c1-12(16)3-2-7-17-8-6-13-4-5-14-15(11-13)19-10-9-18-14/h4-5,11-12,17H,2-3,6-10,16H2,1H3. The molecule has 0 radical (unpaired) electrons. The van der Waals surface area contributed by atoms with Crippen LogP contribution in [0.2, 0.25) is 0 Å². The van der Waals surface area contributed by atoms with Crippen molar-refractivity contribution in [2.24, 2.45) is 5.73 Å². The fraction of sp³-hybridized carbons (Fsp3) is 0.600. The molecular weight excluding hydrogens is 240 g/mol. The molecule has 0 spiro atoms. The molecule has 4 heteroatoms. The Balaban J connectivity index is 1.68. The highest BCUT2D eigenvalue weighted by atomic mass is 16.6. The number of rotatable bonds is 7. The number of hydrogen-bond donors (Lipinski definition) is 2. The summed E-state index contributed by atoms with van der Waals surface area (Å²) in [4.78, 5) is 0. The highest BCUT2D eigenvalue weighted by Gasteiger charge is 2.11. The van der Waals surface area contributed by atoms with Gasteiger partial charge in [-0.3, -0.25) is 0 Å². The third-order valence-electron chi connectivity index (χ3n) is 3.21. The maximum Gasteiger partial charge on any atom is 0.161 e. The highest BCUT2D eigenvalue weighted by Crippen LogP contribution is 2.30. The average Bonchev–Trinajstić information content (AvgIpc) is 2.42. The van der Waals surface area contributed by atoms with E-state index in [1.54, 1.807) is 0 Å². The minimum atomic E-state index is 0.305. The van der Waals surface area contributed by atoms with Crippen LogP contribution in [0.1, 0.15) is 25.3 Å². The Kier molecular flexibility index (Phi) is 5.48. The van der Waals surface area contributed by atoms with Crippen molar-refractivity contribution in [2.45, 2.75) is 32.2 Å². The van der Waals surface area contributed by atoms with Gasteiger partial charge in [-0.05, 0) is 57.0 Å². The van der Waals surface area contributed by atoms with Crippen LogP contribution < -0.4 is 20.5 Å². The van der Waals surface area contributed by atoms with Crippen LogP contribution in [0, 0.1) is 0 Å². The summed E-state index contributed by atoms with van der Waals surface area (Å²) >= 11 is 0. The van der Waals surface area contributed by atoms with Crippen LogP contribution in [-0.4, -0.2) is 32.3 Å². The van der Waals surface area contributed by atoms with Crippen molar-refractivity contribution in [3.05, 3.63) is 23.8 Å². The van der Waals surface area contributed by atoms with E-state index in [0.717, 1.165) is 43.9 Å². The summed E-state index contributed by atoms with van der Waals surface area (Å²) in [5.74, 6) is 1.74. The van der Waals surface area contributed by atoms with Gasteiger partial charge in [-0.25, -0.2) is 0 Å². The molecule has 0 fully saturated rings. The SMILES string of the molecule is CC(N)CCCNCCc1ccc2c(c1)OCCO2. The van der Waals surface area contributed by atoms with Gasteiger partial charge in [0.15, 0.2) is 11.5 Å². The van der Waals surface area contributed by atoms with Crippen LogP contribution in [0.5, 0.6) is 11.5 Å². The molecule has 2 rings (SSSR count). The van der Waals surface area contributed by atoms with Gasteiger partial charge in [0.2, 0.25) is 0 Å². The van der Waals surface area contributed by atoms with Gasteiger partial charge in [0.1, 0.15) is 13.2 Å². The Morgan fingerprint density at radius 1 is 1.21 bits per heavy atom. The minimum Gasteiger partial charge on any atom is -0.486 e. The summed E-state index contributed by atoms with van der Waals surface area (Å²) in [7, 11) is 0. The molecule has 0 saturated carbocycles. The third-order valence-corrected chi connectivity index (χ3v) is 3.21. The maximum atomic E-state index is 5.71. The second kappa shape index (κ2) is 7.36. The van der Waals surface area contributed by atoms with Crippen LogP contribution in [0.25, 0.3) is 0 Å². The molecule has 0 amide bonds. The highest BCUT2D eigenvalue weighted by molar-refractivity contribution is 5.43. The summed E-state index contributed by atoms with van der Waals surface area (Å²) in [6.45, 7) is 5.36. The lowest BCUT2D eigenvalue weighted by Crippen LogP contribution is -2.22. The Hall–Kier alpha value is -1.26. The molecule has 106 valence electrons. The fourth-order valence-corrected chi connectivity index (χ4v) is 2.15. The van der Waals surface area contributed by atoms with Crippen LogP contribution in [-0.2, 0) is 6.42 Å². The molecule has 1 aliphatic heterocycles. The van der Waals surface area contributed by atoms with Gasteiger partial charge in [-0.1, -0.05) is 6.07 Å². The van der Waals surface area contributed by atoms with Crippen molar-refractivity contribution in [3.8, 4) is 11.5 Å². The lowest BCUT2D eigenvalue weighted by atomic mass is 10.1. The number of nitrogens with one attached hydrogen (secondary N) is 1. The van der Waals surface area contributed by atoms with Crippen LogP contribution in [0.15, 0.2) is 18.2 Å². The molecule has 3 N–H and O–H groups in total. The van der Waals surface area contributed by atoms with E-state index in [9.17, 15) is 0 Å². The molecule has 1 unspecified atom stereocenters. The van der Waals surface area contributed by atoms with Crippen LogP contribution in [0.3, 0.4) is 0 Å². The Morgan fingerprint density at radius 2 is 2.00 bits per heavy atom. The van der Waals surface area contributed by atoms with Gasteiger partial charge in [0, 0.05) is 6.04 Å². The minimum absolute atomic E-state index is 0.305. The quantitative estimate of drug-likeness (QED) is 0.736. The van der Waals surface area contributed by atoms with E-state index in [-0.39, 0.29) is 0 Å². The Morgan fingerprint density at radius 3 is 2.79 bits per heavy atom. The zero-order valence-electron chi connectivity index (χ0n) is 11.7. The fourth-order valence-electron chi connectivity index (χ4n) is 2.15. The predicted molar refractivity (Wildman–Crippen MR) is 76.9 cm³/mol. The zero-order chi connectivity index (χ0) is 13.5. The first-order valence-corrected chi connectivity index (χ1v) is 7.10. The third kappa shape index (κ3) is 4.73. The summed E-state index contributed by atoms with van der Waals surface area (Å²) in [6, 6.07) is 6.49. The van der Waals surface area contributed by atoms with Crippen molar-refractivity contribution in [1.82, 2.24) is 5.32 Å². The number of fused-ring (bicyclic) bond motifs is 1. The molecule has 4 nitrogen and oxygen atoms in total. The molecule has 1 atom stereocenters. The normalized spacial score (nSPS) is 15.3. The summed E-state index contributed by atoms with van der Waals surface area (Å²) < 4.78 is 11.1. The monoisotopic (exact) mass is 264 g/mol. The Labute approximate surface area is 115 Å². The maximum absolute atomic E-state index is 5.71. The Bertz CT molecular complexity index is 394. The summed E-state index contributed by atoms with van der Waals surface area (Å²) in [5, 5.41) is 3.44. The average molecular weight is 264 g/mol. The van der Waals surface area contributed by atoms with Crippen molar-refractivity contribution >= 4 is 0 Å². The molecule has 1 aromatic rings. The number of ether oxygens (including phenoxy) is 2. The molecule has 1 aromatic carbocycles. The van der Waals surface area contributed by atoms with Gasteiger partial charge in [0.05, 0.1) is 0 Å². The summed E-state index contributed by atoms with van der Waals surface area (Å²) in [6.07, 6.45) is 3.23. The molecule has 0 bridgehead atoms. The number of nitrogens with two attached hydrogens (primary N) is 1. The van der Waals surface area contributed by atoms with E-state index in [0.29, 0.717) is 19.3 Å². The molecule has 1 heterocycles. The van der Waals surface area contributed by atoms with Crippen molar-refractivity contribution < 1.29 is 9.47 Å². The first-order valence-electron chi connectivity index (χ1n) is 7.10. The second-order valence-corrected chi connectivity index (χ2v) is 5.10. The second-order valence-electron chi connectivity index (χ2n) is 5.10. The topological polar surface area (TPSA) is 56.5 Å². The first kappa shape index (κ1) is 14.2. The van der Waals surface area contributed by atoms with Crippen molar-refractivity contribution in [1.29, 1.82) is 0 Å². The van der Waals surface area contributed by atoms with E-state index >= 15 is 0 Å². The smallest absolute Gasteiger partial charge is 0.161 e. The van der Waals surface area contributed by atoms with E-state index in [2.05, 4.69) is 24.4 Å². The zero-order valence-corrected chi connectivity index (χ0v) is 11.7. The van der Waals surface area contributed by atoms with Gasteiger partial charge < -0.3 is 20.5 Å². The molecule has 0 saturated heterocycles. The van der Waals surface area contributed by atoms with Crippen LogP contribution in [0.4, 0.5) is 0 Å². The van der Waals surface area contributed by atoms with E-state index in [1.165, 1.54) is 5.56 Å². The molecular formula is C15H24N2O2. The van der Waals surface area contributed by atoms with Gasteiger partial charge in [-0.15, -0.1) is 0 Å². The molecule has 19 heavy (non-hydrogen) atoms. The van der Waals surface area contributed by atoms with Crippen LogP contribution >= 0.6 is 0 Å². The van der Waals surface area contributed by atoms with E-state index in [4.69, 9.17) is 15.2 Å². The van der Waals surface area contributed by atoms with Crippen molar-refractivity contribution in [2.75, 3.05) is 26.3 Å². The van der Waals surface area contributed by atoms with Gasteiger partial charge in [0.25, 0.3) is 0 Å². The predicted octanol–water partition coefficient (Wildman–Crippen LogP) is 1.72. The number of benzene rings is 1. The van der Waals surface area contributed by atoms with Gasteiger partial charge >= 0.3 is 0 Å². The largest absolute Gasteiger partial charge is 0.486 e. The number of hydrogen-bond acceptors (Lipinski definition) is 4. The molecule has 0 aromatic heterocycles. The van der Waals surface area contributed by atoms with E-state index in [1.807, 2.05) is 6.07 Å². The first-order chi connectivity index (χ1) is 9.25.